The third-order valence-corrected chi connectivity index (χ3v) is 6.36. The number of rotatable bonds is 5. The maximum atomic E-state index is 13.0. The van der Waals surface area contributed by atoms with E-state index in [1.165, 1.54) is 5.56 Å². The lowest BCUT2D eigenvalue weighted by atomic mass is 9.95. The Bertz CT molecular complexity index is 701. The smallest absolute Gasteiger partial charge is 0.226 e. The first kappa shape index (κ1) is 22.6. The van der Waals surface area contributed by atoms with E-state index in [9.17, 15) is 9.59 Å². The van der Waals surface area contributed by atoms with Crippen LogP contribution in [-0.4, -0.2) is 86.5 Å². The highest BCUT2D eigenvalue weighted by molar-refractivity contribution is 5.86. The third-order valence-electron chi connectivity index (χ3n) is 6.36. The van der Waals surface area contributed by atoms with Crippen molar-refractivity contribution in [1.82, 2.24) is 20.0 Å². The number of nitrogens with zero attached hydrogens (tertiary/aromatic N) is 3. The topological polar surface area (TPSA) is 65.1 Å². The third kappa shape index (κ3) is 6.19. The van der Waals surface area contributed by atoms with E-state index in [0.717, 1.165) is 57.7 Å². The summed E-state index contributed by atoms with van der Waals surface area (Å²) in [4.78, 5) is 31.8. The Morgan fingerprint density at radius 3 is 2.47 bits per heavy atom. The monoisotopic (exact) mass is 416 g/mol. The van der Waals surface area contributed by atoms with Crippen LogP contribution in [-0.2, 0) is 16.1 Å². The first-order valence-electron chi connectivity index (χ1n) is 11.0. The van der Waals surface area contributed by atoms with Crippen LogP contribution in [0.3, 0.4) is 0 Å². The van der Waals surface area contributed by atoms with E-state index in [1.54, 1.807) is 12.0 Å². The largest absolute Gasteiger partial charge is 0.497 e. The average molecular weight is 417 g/mol. The number of hydrogen-bond donors (Lipinski definition) is 1. The molecule has 3 rings (SSSR count). The zero-order chi connectivity index (χ0) is 21.5. The minimum absolute atomic E-state index is 0.0700. The van der Waals surface area contributed by atoms with Crippen LogP contribution in [0.15, 0.2) is 24.3 Å². The highest BCUT2D eigenvalue weighted by Crippen LogP contribution is 2.22. The highest BCUT2D eigenvalue weighted by atomic mass is 16.5. The summed E-state index contributed by atoms with van der Waals surface area (Å²) in [6.07, 6.45) is 3.02. The molecule has 2 saturated heterocycles. The van der Waals surface area contributed by atoms with Gasteiger partial charge in [-0.15, -0.1) is 0 Å². The van der Waals surface area contributed by atoms with Crippen molar-refractivity contribution in [2.24, 2.45) is 5.92 Å². The second kappa shape index (κ2) is 10.8. The molecule has 7 heteroatoms. The molecule has 2 amide bonds. The van der Waals surface area contributed by atoms with Crippen LogP contribution in [0.1, 0.15) is 31.2 Å². The molecule has 166 valence electrons. The molecule has 7 nitrogen and oxygen atoms in total. The molecular formula is C23H36N4O3. The van der Waals surface area contributed by atoms with E-state index >= 15 is 0 Å². The van der Waals surface area contributed by atoms with E-state index in [-0.39, 0.29) is 23.8 Å². The zero-order valence-corrected chi connectivity index (χ0v) is 18.6. The Morgan fingerprint density at radius 1 is 1.10 bits per heavy atom. The van der Waals surface area contributed by atoms with Gasteiger partial charge in [-0.25, -0.2) is 0 Å². The molecule has 30 heavy (non-hydrogen) atoms. The standard InChI is InChI=1S/C23H36N4O3/c1-25-11-13-27(14-12-25)23(29)19-5-4-6-20(17-26(2)22(28)15-19)24-16-18-7-9-21(30-3)10-8-18/h7-10,19-20,24H,4-6,11-17H2,1-3H3. The Labute approximate surface area is 180 Å². The summed E-state index contributed by atoms with van der Waals surface area (Å²) < 4.78 is 5.21. The lowest BCUT2D eigenvalue weighted by Gasteiger charge is -2.34. The lowest BCUT2D eigenvalue weighted by molar-refractivity contribution is -0.142. The second-order valence-electron chi connectivity index (χ2n) is 8.66. The van der Waals surface area contributed by atoms with Crippen molar-refractivity contribution < 1.29 is 14.3 Å². The van der Waals surface area contributed by atoms with E-state index in [1.807, 2.05) is 24.1 Å². The van der Waals surface area contributed by atoms with Crippen LogP contribution in [0.5, 0.6) is 5.75 Å². The quantitative estimate of drug-likeness (QED) is 0.790. The summed E-state index contributed by atoms with van der Waals surface area (Å²) in [5.41, 5.74) is 1.19. The van der Waals surface area contributed by atoms with Crippen LogP contribution >= 0.6 is 0 Å². The fraction of sp³-hybridized carbons (Fsp3) is 0.652. The SMILES string of the molecule is COc1ccc(CNC2CCCC(C(=O)N3CCN(C)CC3)CC(=O)N(C)C2)cc1. The van der Waals surface area contributed by atoms with Crippen LogP contribution in [0.2, 0.25) is 0 Å². The van der Waals surface area contributed by atoms with Crippen molar-refractivity contribution in [2.75, 3.05) is 53.9 Å². The lowest BCUT2D eigenvalue weighted by Crippen LogP contribution is -2.49. The number of nitrogens with one attached hydrogen (secondary N) is 1. The van der Waals surface area contributed by atoms with Crippen molar-refractivity contribution in [2.45, 2.75) is 38.3 Å². The number of carbonyl (C=O) groups excluding carboxylic acids is 2. The highest BCUT2D eigenvalue weighted by Gasteiger charge is 2.31. The number of likely N-dealkylation sites (N-methyl/N-ethyl adjacent to an activating group) is 2. The molecule has 2 fully saturated rings. The van der Waals surface area contributed by atoms with E-state index in [2.05, 4.69) is 29.4 Å². The molecule has 1 aromatic carbocycles. The molecule has 1 aromatic rings. The first-order chi connectivity index (χ1) is 14.5. The Balaban J connectivity index is 1.56. The molecule has 0 bridgehead atoms. The van der Waals surface area contributed by atoms with Gasteiger partial charge >= 0.3 is 0 Å². The first-order valence-corrected chi connectivity index (χ1v) is 11.0. The predicted molar refractivity (Wildman–Crippen MR) is 117 cm³/mol. The minimum Gasteiger partial charge on any atom is -0.497 e. The number of ether oxygens (including phenoxy) is 1. The summed E-state index contributed by atoms with van der Waals surface area (Å²) in [5.74, 6) is 0.890. The maximum absolute atomic E-state index is 13.0. The van der Waals surface area contributed by atoms with Gasteiger partial charge in [-0.1, -0.05) is 18.6 Å². The van der Waals surface area contributed by atoms with E-state index < -0.39 is 0 Å². The fourth-order valence-electron chi connectivity index (χ4n) is 4.27. The summed E-state index contributed by atoms with van der Waals surface area (Å²) in [6, 6.07) is 8.26. The van der Waals surface area contributed by atoms with Crippen molar-refractivity contribution in [3.05, 3.63) is 29.8 Å². The van der Waals surface area contributed by atoms with E-state index in [0.29, 0.717) is 13.0 Å². The molecular weight excluding hydrogens is 380 g/mol. The summed E-state index contributed by atoms with van der Waals surface area (Å²) in [6.45, 7) is 4.77. The predicted octanol–water partition coefficient (Wildman–Crippen LogP) is 1.58. The average Bonchev–Trinajstić information content (AvgIpc) is 2.82. The molecule has 2 aliphatic heterocycles. The van der Waals surface area contributed by atoms with Crippen LogP contribution in [0.4, 0.5) is 0 Å². The normalized spacial score (nSPS) is 24.2. The van der Waals surface area contributed by atoms with Crippen LogP contribution in [0.25, 0.3) is 0 Å². The van der Waals surface area contributed by atoms with Crippen LogP contribution in [0, 0.1) is 5.92 Å². The van der Waals surface area contributed by atoms with Gasteiger partial charge in [-0.3, -0.25) is 9.59 Å². The molecule has 0 aromatic heterocycles. The van der Waals surface area contributed by atoms with Crippen molar-refractivity contribution in [3.63, 3.8) is 0 Å². The summed E-state index contributed by atoms with van der Waals surface area (Å²) in [5, 5.41) is 3.60. The molecule has 2 unspecified atom stereocenters. The molecule has 0 aliphatic carbocycles. The van der Waals surface area contributed by atoms with Gasteiger partial charge in [0.15, 0.2) is 0 Å². The molecule has 0 radical (unpaired) electrons. The van der Waals surface area contributed by atoms with Gasteiger partial charge < -0.3 is 24.8 Å². The Hall–Kier alpha value is -2.12. The number of amides is 2. The maximum Gasteiger partial charge on any atom is 0.226 e. The number of methoxy groups -OCH3 is 1. The molecule has 2 heterocycles. The van der Waals surface area contributed by atoms with Gasteiger partial charge in [0.05, 0.1) is 7.11 Å². The molecule has 1 N–H and O–H groups in total. The number of benzene rings is 1. The van der Waals surface area contributed by atoms with Gasteiger partial charge in [0.2, 0.25) is 11.8 Å². The zero-order valence-electron chi connectivity index (χ0n) is 18.6. The van der Waals surface area contributed by atoms with Gasteiger partial charge in [-0.2, -0.15) is 0 Å². The molecule has 0 spiro atoms. The molecule has 2 atom stereocenters. The Kier molecular flexibility index (Phi) is 8.10. The second-order valence-corrected chi connectivity index (χ2v) is 8.66. The molecule has 2 aliphatic rings. The molecule has 0 saturated carbocycles. The fourth-order valence-corrected chi connectivity index (χ4v) is 4.27. The number of piperazine rings is 1. The van der Waals surface area contributed by atoms with Gasteiger partial charge in [-0.05, 0) is 37.6 Å². The van der Waals surface area contributed by atoms with Crippen LogP contribution < -0.4 is 10.1 Å². The van der Waals surface area contributed by atoms with Gasteiger partial charge in [0.25, 0.3) is 0 Å². The van der Waals surface area contributed by atoms with Gasteiger partial charge in [0, 0.05) is 64.7 Å². The Morgan fingerprint density at radius 2 is 1.80 bits per heavy atom. The minimum atomic E-state index is -0.191. The summed E-state index contributed by atoms with van der Waals surface area (Å²) >= 11 is 0. The number of hydrogen-bond acceptors (Lipinski definition) is 5. The van der Waals surface area contributed by atoms with Crippen molar-refractivity contribution >= 4 is 11.8 Å². The van der Waals surface area contributed by atoms with Gasteiger partial charge in [0.1, 0.15) is 5.75 Å². The van der Waals surface area contributed by atoms with E-state index in [4.69, 9.17) is 4.74 Å². The summed E-state index contributed by atoms with van der Waals surface area (Å²) in [7, 11) is 5.60. The number of carbonyl (C=O) groups is 2. The van der Waals surface area contributed by atoms with Crippen molar-refractivity contribution in [1.29, 1.82) is 0 Å². The van der Waals surface area contributed by atoms with Crippen molar-refractivity contribution in [3.8, 4) is 5.75 Å².